The molecule has 1 atom stereocenters. The zero-order chi connectivity index (χ0) is 15.6. The molecule has 1 unspecified atom stereocenters. The predicted octanol–water partition coefficient (Wildman–Crippen LogP) is 0.584. The molecule has 1 aromatic carbocycles. The number of carbonyl (C=O) groups is 1. The van der Waals surface area contributed by atoms with E-state index in [1.807, 2.05) is 32.0 Å². The zero-order valence-electron chi connectivity index (χ0n) is 12.4. The lowest BCUT2D eigenvalue weighted by Gasteiger charge is -2.33. The Morgan fingerprint density at radius 1 is 1.29 bits per heavy atom. The van der Waals surface area contributed by atoms with Crippen molar-refractivity contribution in [2.45, 2.75) is 20.0 Å². The summed E-state index contributed by atoms with van der Waals surface area (Å²) in [5.74, 6) is -0.115. The van der Waals surface area contributed by atoms with Crippen molar-refractivity contribution in [3.8, 4) is 0 Å². The van der Waals surface area contributed by atoms with Gasteiger partial charge in [-0.1, -0.05) is 6.07 Å². The molecule has 1 saturated heterocycles. The molecule has 1 aromatic rings. The van der Waals surface area contributed by atoms with Gasteiger partial charge in [0.1, 0.15) is 6.61 Å². The number of benzene rings is 1. The normalized spacial score (nSPS) is 19.9. The fraction of sp³-hybridized carbons (Fsp3) is 0.500. The molecule has 0 aromatic heterocycles. The van der Waals surface area contributed by atoms with Gasteiger partial charge >= 0.3 is 0 Å². The smallest absolute Gasteiger partial charge is 0.253 e. The summed E-state index contributed by atoms with van der Waals surface area (Å²) in [7, 11) is -3.27. The van der Waals surface area contributed by atoms with E-state index >= 15 is 0 Å². The van der Waals surface area contributed by atoms with E-state index in [4.69, 9.17) is 4.74 Å². The summed E-state index contributed by atoms with van der Waals surface area (Å²) in [6.07, 6.45) is 0.751. The molecule has 116 valence electrons. The minimum atomic E-state index is -3.27. The first-order valence-electron chi connectivity index (χ1n) is 6.69. The van der Waals surface area contributed by atoms with Crippen molar-refractivity contribution in [2.75, 3.05) is 30.9 Å². The third kappa shape index (κ3) is 4.52. The fourth-order valence-electron chi connectivity index (χ4n) is 2.35. The molecule has 0 radical (unpaired) electrons. The van der Waals surface area contributed by atoms with Crippen LogP contribution in [0.4, 0.5) is 5.69 Å². The van der Waals surface area contributed by atoms with Gasteiger partial charge in [0.2, 0.25) is 10.0 Å². The molecule has 1 heterocycles. The van der Waals surface area contributed by atoms with Crippen LogP contribution in [0, 0.1) is 13.8 Å². The van der Waals surface area contributed by atoms with Crippen LogP contribution in [-0.4, -0.2) is 46.4 Å². The van der Waals surface area contributed by atoms with Crippen molar-refractivity contribution in [3.63, 3.8) is 0 Å². The summed E-state index contributed by atoms with van der Waals surface area (Å²) in [6, 6.07) is 5.92. The van der Waals surface area contributed by atoms with Gasteiger partial charge in [0.05, 0.1) is 18.9 Å². The van der Waals surface area contributed by atoms with E-state index in [-0.39, 0.29) is 25.2 Å². The van der Waals surface area contributed by atoms with E-state index in [0.29, 0.717) is 6.54 Å². The summed E-state index contributed by atoms with van der Waals surface area (Å²) in [4.78, 5) is 13.7. The number of hydrogen-bond donors (Lipinski definition) is 1. The highest BCUT2D eigenvalue weighted by Gasteiger charge is 2.28. The minimum absolute atomic E-state index is 0.0386. The van der Waals surface area contributed by atoms with Crippen molar-refractivity contribution in [2.24, 2.45) is 0 Å². The Balaban J connectivity index is 2.12. The van der Waals surface area contributed by atoms with Crippen LogP contribution in [0.1, 0.15) is 11.1 Å². The number of hydrogen-bond acceptors (Lipinski definition) is 4. The molecule has 21 heavy (non-hydrogen) atoms. The van der Waals surface area contributed by atoms with E-state index in [1.165, 1.54) is 0 Å². The predicted molar refractivity (Wildman–Crippen MR) is 80.9 cm³/mol. The van der Waals surface area contributed by atoms with Crippen LogP contribution in [0.25, 0.3) is 0 Å². The van der Waals surface area contributed by atoms with Crippen LogP contribution < -0.4 is 9.62 Å². The van der Waals surface area contributed by atoms with Gasteiger partial charge in [-0.2, -0.15) is 0 Å². The van der Waals surface area contributed by atoms with Gasteiger partial charge in [-0.3, -0.25) is 4.79 Å². The molecule has 0 aliphatic carbocycles. The van der Waals surface area contributed by atoms with Crippen LogP contribution in [0.3, 0.4) is 0 Å². The number of nitrogens with zero attached hydrogens (tertiary/aromatic N) is 1. The largest absolute Gasteiger partial charge is 0.365 e. The minimum Gasteiger partial charge on any atom is -0.365 e. The summed E-state index contributed by atoms with van der Waals surface area (Å²) in [5.41, 5.74) is 2.98. The highest BCUT2D eigenvalue weighted by Crippen LogP contribution is 2.21. The lowest BCUT2D eigenvalue weighted by molar-refractivity contribution is -0.129. The molecule has 1 N–H and O–H groups in total. The Hall–Kier alpha value is -1.44. The number of sulfonamides is 1. The van der Waals surface area contributed by atoms with Gasteiger partial charge in [-0.25, -0.2) is 13.1 Å². The lowest BCUT2D eigenvalue weighted by atomic mass is 10.1. The van der Waals surface area contributed by atoms with Crippen molar-refractivity contribution < 1.29 is 17.9 Å². The summed E-state index contributed by atoms with van der Waals surface area (Å²) in [5, 5.41) is 0. The number of rotatable bonds is 4. The maximum absolute atomic E-state index is 12.0. The maximum Gasteiger partial charge on any atom is 0.253 e. The number of ether oxygens (including phenoxy) is 1. The summed E-state index contributed by atoms with van der Waals surface area (Å²) >= 11 is 0. The van der Waals surface area contributed by atoms with Crippen LogP contribution >= 0.6 is 0 Å². The molecule has 0 spiro atoms. The van der Waals surface area contributed by atoms with Gasteiger partial charge in [-0.05, 0) is 37.1 Å². The van der Waals surface area contributed by atoms with E-state index < -0.39 is 10.0 Å². The number of carbonyl (C=O) groups excluding carboxylic acids is 1. The topological polar surface area (TPSA) is 75.7 Å². The van der Waals surface area contributed by atoms with Crippen molar-refractivity contribution in [1.82, 2.24) is 4.72 Å². The average Bonchev–Trinajstić information content (AvgIpc) is 2.35. The third-order valence-corrected chi connectivity index (χ3v) is 3.91. The molecule has 0 saturated carbocycles. The SMILES string of the molecule is Cc1cc(C)cc(N2CC(CNS(C)(=O)=O)OCC2=O)c1. The van der Waals surface area contributed by atoms with Gasteiger partial charge in [0.15, 0.2) is 0 Å². The van der Waals surface area contributed by atoms with Crippen LogP contribution in [0.5, 0.6) is 0 Å². The first kappa shape index (κ1) is 15.9. The van der Waals surface area contributed by atoms with Crippen molar-refractivity contribution in [1.29, 1.82) is 0 Å². The van der Waals surface area contributed by atoms with E-state index in [1.54, 1.807) is 4.90 Å². The first-order valence-corrected chi connectivity index (χ1v) is 8.58. The molecule has 1 fully saturated rings. The van der Waals surface area contributed by atoms with Gasteiger partial charge in [-0.15, -0.1) is 0 Å². The number of amides is 1. The number of morpholine rings is 1. The Morgan fingerprint density at radius 2 is 1.90 bits per heavy atom. The van der Waals surface area contributed by atoms with Crippen LogP contribution in [-0.2, 0) is 19.6 Å². The second-order valence-corrected chi connectivity index (χ2v) is 7.24. The standard InChI is InChI=1S/C14H20N2O4S/c1-10-4-11(2)6-12(5-10)16-8-13(20-9-14(16)17)7-15-21(3,18)19/h4-6,13,15H,7-9H2,1-3H3. The van der Waals surface area contributed by atoms with Gasteiger partial charge < -0.3 is 9.64 Å². The van der Waals surface area contributed by atoms with E-state index in [0.717, 1.165) is 23.1 Å². The Kier molecular flexibility index (Phi) is 4.65. The highest BCUT2D eigenvalue weighted by molar-refractivity contribution is 7.88. The molecule has 1 aliphatic rings. The highest BCUT2D eigenvalue weighted by atomic mass is 32.2. The second-order valence-electron chi connectivity index (χ2n) is 5.40. The third-order valence-electron chi connectivity index (χ3n) is 3.22. The lowest BCUT2D eigenvalue weighted by Crippen LogP contribution is -2.50. The van der Waals surface area contributed by atoms with Crippen molar-refractivity contribution >= 4 is 21.6 Å². The Morgan fingerprint density at radius 3 is 2.48 bits per heavy atom. The quantitative estimate of drug-likeness (QED) is 0.882. The molecule has 7 heteroatoms. The summed E-state index contributed by atoms with van der Waals surface area (Å²) in [6.45, 7) is 4.41. The van der Waals surface area contributed by atoms with Gasteiger partial charge in [0, 0.05) is 12.2 Å². The monoisotopic (exact) mass is 312 g/mol. The second kappa shape index (κ2) is 6.13. The van der Waals surface area contributed by atoms with Crippen LogP contribution in [0.2, 0.25) is 0 Å². The Labute approximate surface area is 125 Å². The van der Waals surface area contributed by atoms with Crippen molar-refractivity contribution in [3.05, 3.63) is 29.3 Å². The molecular formula is C14H20N2O4S. The molecule has 0 bridgehead atoms. The molecule has 1 aliphatic heterocycles. The Bertz CT molecular complexity index is 622. The number of anilines is 1. The van der Waals surface area contributed by atoms with E-state index in [2.05, 4.69) is 4.72 Å². The first-order chi connectivity index (χ1) is 9.74. The fourth-order valence-corrected chi connectivity index (χ4v) is 2.84. The maximum atomic E-state index is 12.0. The molecule has 2 rings (SSSR count). The van der Waals surface area contributed by atoms with E-state index in [9.17, 15) is 13.2 Å². The molecular weight excluding hydrogens is 292 g/mol. The molecule has 1 amide bonds. The average molecular weight is 312 g/mol. The zero-order valence-corrected chi connectivity index (χ0v) is 13.2. The number of nitrogens with one attached hydrogen (secondary N) is 1. The van der Waals surface area contributed by atoms with Gasteiger partial charge in [0.25, 0.3) is 5.91 Å². The summed E-state index contributed by atoms with van der Waals surface area (Å²) < 4.78 is 30.1. The number of aryl methyl sites for hydroxylation is 2. The molecule has 6 nitrogen and oxygen atoms in total. The van der Waals surface area contributed by atoms with Crippen LogP contribution in [0.15, 0.2) is 18.2 Å².